The molecule has 0 spiro atoms. The van der Waals surface area contributed by atoms with Gasteiger partial charge in [-0.3, -0.25) is 14.2 Å². The minimum Gasteiger partial charge on any atom is -0.329 e. The molecule has 164 valence electrons. The van der Waals surface area contributed by atoms with E-state index in [1.54, 1.807) is 31.2 Å². The van der Waals surface area contributed by atoms with Crippen molar-refractivity contribution < 1.29 is 18.0 Å². The van der Waals surface area contributed by atoms with Crippen LogP contribution < -0.4 is 5.56 Å². The molecular weight excluding hydrogens is 407 g/mol. The second-order valence-corrected chi connectivity index (χ2v) is 7.29. The van der Waals surface area contributed by atoms with Gasteiger partial charge in [0.2, 0.25) is 0 Å². The van der Waals surface area contributed by atoms with E-state index in [0.717, 1.165) is 12.1 Å². The number of amides is 1. The molecule has 2 aromatic carbocycles. The Morgan fingerprint density at radius 3 is 2.48 bits per heavy atom. The standard InChI is InChI=1S/C23H24F3N3O2/c1-4-13-29(21(30)16-9-8-10-17(14-16)23(24,25)26)15(3)20-27-19-12-7-6-11-18(19)22(31)28(20)5-2/h6-12,14-15H,4-5,13H2,1-3H3. The average molecular weight is 431 g/mol. The molecule has 1 unspecified atom stereocenters. The highest BCUT2D eigenvalue weighted by atomic mass is 19.4. The SMILES string of the molecule is CCCN(C(=O)c1cccc(C(F)(F)F)c1)C(C)c1nc2ccccc2c(=O)n1CC. The van der Waals surface area contributed by atoms with Crippen LogP contribution in [0.4, 0.5) is 13.2 Å². The van der Waals surface area contributed by atoms with Crippen LogP contribution >= 0.6 is 0 Å². The molecule has 0 bridgehead atoms. The van der Waals surface area contributed by atoms with Crippen molar-refractivity contribution in [2.45, 2.75) is 46.0 Å². The van der Waals surface area contributed by atoms with Crippen molar-refractivity contribution in [3.63, 3.8) is 0 Å². The topological polar surface area (TPSA) is 55.2 Å². The third-order valence-corrected chi connectivity index (χ3v) is 5.21. The molecule has 0 radical (unpaired) electrons. The molecule has 0 fully saturated rings. The summed E-state index contributed by atoms with van der Waals surface area (Å²) in [4.78, 5) is 32.3. The number of carbonyl (C=O) groups excluding carboxylic acids is 1. The van der Waals surface area contributed by atoms with Crippen molar-refractivity contribution in [3.05, 3.63) is 75.8 Å². The van der Waals surface area contributed by atoms with Gasteiger partial charge in [-0.25, -0.2) is 4.98 Å². The van der Waals surface area contributed by atoms with Crippen molar-refractivity contribution in [2.24, 2.45) is 0 Å². The Labute approximate surface area is 178 Å². The maximum Gasteiger partial charge on any atom is 0.416 e. The van der Waals surface area contributed by atoms with E-state index >= 15 is 0 Å². The van der Waals surface area contributed by atoms with Gasteiger partial charge in [0.15, 0.2) is 0 Å². The van der Waals surface area contributed by atoms with Gasteiger partial charge in [-0.15, -0.1) is 0 Å². The van der Waals surface area contributed by atoms with E-state index in [4.69, 9.17) is 0 Å². The van der Waals surface area contributed by atoms with Gasteiger partial charge in [-0.1, -0.05) is 25.1 Å². The number of hydrogen-bond donors (Lipinski definition) is 0. The predicted octanol–water partition coefficient (Wildman–Crippen LogP) is 5.05. The van der Waals surface area contributed by atoms with Gasteiger partial charge >= 0.3 is 6.18 Å². The molecule has 3 aromatic rings. The van der Waals surface area contributed by atoms with Crippen LogP contribution in [0.3, 0.4) is 0 Å². The maximum absolute atomic E-state index is 13.2. The van der Waals surface area contributed by atoms with Gasteiger partial charge < -0.3 is 4.90 Å². The van der Waals surface area contributed by atoms with Crippen LogP contribution in [0.5, 0.6) is 0 Å². The molecule has 1 amide bonds. The number of alkyl halides is 3. The number of benzene rings is 2. The molecule has 8 heteroatoms. The number of para-hydroxylation sites is 1. The lowest BCUT2D eigenvalue weighted by molar-refractivity contribution is -0.137. The van der Waals surface area contributed by atoms with Crippen LogP contribution in [-0.2, 0) is 12.7 Å². The average Bonchev–Trinajstić information content (AvgIpc) is 2.76. The van der Waals surface area contributed by atoms with Gasteiger partial charge in [0.1, 0.15) is 5.82 Å². The fraction of sp³-hybridized carbons (Fsp3) is 0.348. The molecular formula is C23H24F3N3O2. The van der Waals surface area contributed by atoms with Crippen molar-refractivity contribution >= 4 is 16.8 Å². The highest BCUT2D eigenvalue weighted by Crippen LogP contribution is 2.30. The summed E-state index contributed by atoms with van der Waals surface area (Å²) in [5.41, 5.74) is -0.627. The Kier molecular flexibility index (Phi) is 6.48. The third kappa shape index (κ3) is 4.47. The van der Waals surface area contributed by atoms with E-state index in [0.29, 0.717) is 36.2 Å². The molecule has 1 atom stereocenters. The lowest BCUT2D eigenvalue weighted by Gasteiger charge is -2.30. The van der Waals surface area contributed by atoms with Crippen LogP contribution in [0.25, 0.3) is 10.9 Å². The summed E-state index contributed by atoms with van der Waals surface area (Å²) in [6.07, 6.45) is -3.95. The zero-order valence-corrected chi connectivity index (χ0v) is 17.6. The third-order valence-electron chi connectivity index (χ3n) is 5.21. The fourth-order valence-corrected chi connectivity index (χ4v) is 3.66. The van der Waals surface area contributed by atoms with Crippen molar-refractivity contribution in [3.8, 4) is 0 Å². The molecule has 0 saturated carbocycles. The molecule has 0 aliphatic heterocycles. The largest absolute Gasteiger partial charge is 0.416 e. The van der Waals surface area contributed by atoms with E-state index in [-0.39, 0.29) is 11.1 Å². The summed E-state index contributed by atoms with van der Waals surface area (Å²) >= 11 is 0. The minimum atomic E-state index is -4.54. The van der Waals surface area contributed by atoms with Crippen LogP contribution in [-0.4, -0.2) is 26.9 Å². The Hall–Kier alpha value is -3.16. The summed E-state index contributed by atoms with van der Waals surface area (Å²) in [6, 6.07) is 10.7. The normalized spacial score (nSPS) is 12.7. The van der Waals surface area contributed by atoms with Gasteiger partial charge in [0.05, 0.1) is 22.5 Å². The monoisotopic (exact) mass is 431 g/mol. The summed E-state index contributed by atoms with van der Waals surface area (Å²) in [6.45, 7) is 6.09. The zero-order chi connectivity index (χ0) is 22.8. The number of hydrogen-bond acceptors (Lipinski definition) is 3. The molecule has 0 N–H and O–H groups in total. The lowest BCUT2D eigenvalue weighted by atomic mass is 10.1. The van der Waals surface area contributed by atoms with E-state index in [1.165, 1.54) is 21.6 Å². The molecule has 31 heavy (non-hydrogen) atoms. The Morgan fingerprint density at radius 2 is 1.84 bits per heavy atom. The van der Waals surface area contributed by atoms with E-state index in [1.807, 2.05) is 13.8 Å². The van der Waals surface area contributed by atoms with E-state index < -0.39 is 23.7 Å². The van der Waals surface area contributed by atoms with Gasteiger partial charge in [-0.05, 0) is 50.6 Å². The Morgan fingerprint density at radius 1 is 1.13 bits per heavy atom. The molecule has 0 aliphatic carbocycles. The molecule has 1 heterocycles. The molecule has 3 rings (SSSR count). The molecule has 5 nitrogen and oxygen atoms in total. The summed E-state index contributed by atoms with van der Waals surface area (Å²) in [5.74, 6) is -0.134. The first-order valence-electron chi connectivity index (χ1n) is 10.2. The molecule has 0 aliphatic rings. The van der Waals surface area contributed by atoms with Crippen LogP contribution in [0.2, 0.25) is 0 Å². The van der Waals surface area contributed by atoms with Crippen molar-refractivity contribution in [1.82, 2.24) is 14.5 Å². The number of nitrogens with zero attached hydrogens (tertiary/aromatic N) is 3. The van der Waals surface area contributed by atoms with Gasteiger partial charge in [0.25, 0.3) is 11.5 Å². The Balaban J connectivity index is 2.08. The smallest absolute Gasteiger partial charge is 0.329 e. The summed E-state index contributed by atoms with van der Waals surface area (Å²) < 4.78 is 40.9. The number of carbonyl (C=O) groups is 1. The van der Waals surface area contributed by atoms with E-state index in [2.05, 4.69) is 4.98 Å². The number of halogens is 3. The highest BCUT2D eigenvalue weighted by Gasteiger charge is 2.32. The number of fused-ring (bicyclic) bond motifs is 1. The molecule has 1 aromatic heterocycles. The summed E-state index contributed by atoms with van der Waals surface area (Å²) in [5, 5.41) is 0.478. The fourth-order valence-electron chi connectivity index (χ4n) is 3.66. The van der Waals surface area contributed by atoms with Crippen LogP contribution in [0, 0.1) is 0 Å². The quantitative estimate of drug-likeness (QED) is 0.549. The van der Waals surface area contributed by atoms with Gasteiger partial charge in [-0.2, -0.15) is 13.2 Å². The number of aromatic nitrogens is 2. The maximum atomic E-state index is 13.2. The predicted molar refractivity (Wildman–Crippen MR) is 113 cm³/mol. The van der Waals surface area contributed by atoms with Crippen molar-refractivity contribution in [1.29, 1.82) is 0 Å². The first-order valence-corrected chi connectivity index (χ1v) is 10.2. The van der Waals surface area contributed by atoms with Crippen LogP contribution in [0.15, 0.2) is 53.3 Å². The lowest BCUT2D eigenvalue weighted by Crippen LogP contribution is -2.38. The second-order valence-electron chi connectivity index (χ2n) is 7.29. The molecule has 0 saturated heterocycles. The van der Waals surface area contributed by atoms with Crippen LogP contribution in [0.1, 0.15) is 55.0 Å². The highest BCUT2D eigenvalue weighted by molar-refractivity contribution is 5.94. The summed E-state index contributed by atoms with van der Waals surface area (Å²) in [7, 11) is 0. The van der Waals surface area contributed by atoms with E-state index in [9.17, 15) is 22.8 Å². The minimum absolute atomic E-state index is 0.0543. The Bertz CT molecular complexity index is 1150. The first-order chi connectivity index (χ1) is 14.7. The zero-order valence-electron chi connectivity index (χ0n) is 17.6. The second kappa shape index (κ2) is 8.91. The first kappa shape index (κ1) is 22.5. The number of rotatable bonds is 6. The van der Waals surface area contributed by atoms with Gasteiger partial charge in [0, 0.05) is 18.7 Å². The van der Waals surface area contributed by atoms with Crippen molar-refractivity contribution in [2.75, 3.05) is 6.54 Å².